The van der Waals surface area contributed by atoms with Crippen molar-refractivity contribution in [2.45, 2.75) is 31.2 Å². The van der Waals surface area contributed by atoms with E-state index in [0.29, 0.717) is 12.5 Å². The summed E-state index contributed by atoms with van der Waals surface area (Å²) in [5.74, 6) is 7.71. The Morgan fingerprint density at radius 3 is 2.38 bits per heavy atom. The molecule has 3 nitrogen and oxygen atoms in total. The van der Waals surface area contributed by atoms with Crippen LogP contribution in [0.3, 0.4) is 0 Å². The Labute approximate surface area is 195 Å². The molecule has 0 aliphatic heterocycles. The molecule has 3 aromatic rings. The van der Waals surface area contributed by atoms with E-state index in [1.165, 1.54) is 12.8 Å². The second-order valence-corrected chi connectivity index (χ2v) is 8.75. The zero-order valence-electron chi connectivity index (χ0n) is 18.1. The van der Waals surface area contributed by atoms with Crippen LogP contribution < -0.4 is 10.5 Å². The molecule has 0 saturated heterocycles. The van der Waals surface area contributed by atoms with Crippen LogP contribution in [-0.4, -0.2) is 17.1 Å². The topological polar surface area (TPSA) is 48.1 Å². The van der Waals surface area contributed by atoms with Crippen molar-refractivity contribution < 1.29 is 4.74 Å². The van der Waals surface area contributed by atoms with Crippen LogP contribution in [0.2, 0.25) is 5.02 Å². The molecule has 1 aromatic heterocycles. The number of nitrogens with zero attached hydrogens (tertiary/aromatic N) is 1. The van der Waals surface area contributed by atoms with Gasteiger partial charge in [-0.2, -0.15) is 0 Å². The maximum atomic E-state index is 6.56. The minimum atomic E-state index is -0.177. The molecule has 1 heterocycles. The van der Waals surface area contributed by atoms with Crippen molar-refractivity contribution >= 4 is 11.6 Å². The van der Waals surface area contributed by atoms with Crippen LogP contribution in [0.15, 0.2) is 79.5 Å². The van der Waals surface area contributed by atoms with E-state index in [2.05, 4.69) is 23.4 Å². The minimum absolute atomic E-state index is 0.177. The van der Waals surface area contributed by atoms with Crippen LogP contribution in [0.4, 0.5) is 0 Å². The van der Waals surface area contributed by atoms with Gasteiger partial charge in [0.25, 0.3) is 0 Å². The number of hydrogen-bond acceptors (Lipinski definition) is 3. The van der Waals surface area contributed by atoms with Crippen molar-refractivity contribution in [3.05, 3.63) is 95.8 Å². The number of pyridine rings is 1. The average Bonchev–Trinajstić information content (AvgIpc) is 3.66. The summed E-state index contributed by atoms with van der Waals surface area (Å²) in [5.41, 5.74) is 10.1. The lowest BCUT2D eigenvalue weighted by atomic mass is 9.87. The van der Waals surface area contributed by atoms with E-state index in [1.807, 2.05) is 72.9 Å². The van der Waals surface area contributed by atoms with Gasteiger partial charge in [-0.3, -0.25) is 0 Å². The van der Waals surface area contributed by atoms with Gasteiger partial charge in [0, 0.05) is 27.9 Å². The van der Waals surface area contributed by atoms with E-state index < -0.39 is 0 Å². The third kappa shape index (κ3) is 5.79. The summed E-state index contributed by atoms with van der Waals surface area (Å²) in [6.45, 7) is 4.46. The number of aromatic nitrogens is 1. The van der Waals surface area contributed by atoms with Gasteiger partial charge in [0.15, 0.2) is 0 Å². The summed E-state index contributed by atoms with van der Waals surface area (Å²) in [7, 11) is 0. The summed E-state index contributed by atoms with van der Waals surface area (Å²) in [6, 6.07) is 19.5. The Hall–Kier alpha value is -3.06. The molecule has 1 unspecified atom stereocenters. The highest BCUT2D eigenvalue weighted by atomic mass is 35.5. The highest BCUT2D eigenvalue weighted by Crippen LogP contribution is 2.42. The SMILES string of the molecule is C=CCC(N)(CCOc1ccc(C#Cc2ccc(-c3ccc(Cl)cc3)cn2)cc1)C1CC1. The van der Waals surface area contributed by atoms with Gasteiger partial charge in [-0.25, -0.2) is 4.98 Å². The second kappa shape index (κ2) is 10.0. The van der Waals surface area contributed by atoms with Crippen LogP contribution in [0.1, 0.15) is 36.9 Å². The molecule has 2 aromatic carbocycles. The number of nitrogens with two attached hydrogens (primary N) is 1. The Balaban J connectivity index is 1.32. The minimum Gasteiger partial charge on any atom is -0.494 e. The van der Waals surface area contributed by atoms with E-state index >= 15 is 0 Å². The first-order valence-corrected chi connectivity index (χ1v) is 11.3. The smallest absolute Gasteiger partial charge is 0.119 e. The summed E-state index contributed by atoms with van der Waals surface area (Å²) >= 11 is 5.95. The maximum Gasteiger partial charge on any atom is 0.119 e. The maximum absolute atomic E-state index is 6.56. The summed E-state index contributed by atoms with van der Waals surface area (Å²) in [5, 5.41) is 0.721. The Morgan fingerprint density at radius 1 is 1.03 bits per heavy atom. The first kappa shape index (κ1) is 22.1. The van der Waals surface area contributed by atoms with Gasteiger partial charge in [0.1, 0.15) is 11.4 Å². The summed E-state index contributed by atoms with van der Waals surface area (Å²) in [4.78, 5) is 4.46. The summed E-state index contributed by atoms with van der Waals surface area (Å²) < 4.78 is 5.92. The van der Waals surface area contributed by atoms with Gasteiger partial charge >= 0.3 is 0 Å². The van der Waals surface area contributed by atoms with E-state index in [-0.39, 0.29) is 5.54 Å². The number of benzene rings is 2. The van der Waals surface area contributed by atoms with Gasteiger partial charge < -0.3 is 10.5 Å². The van der Waals surface area contributed by atoms with Gasteiger partial charge in [0.2, 0.25) is 0 Å². The molecule has 0 radical (unpaired) electrons. The lowest BCUT2D eigenvalue weighted by Gasteiger charge is -2.28. The van der Waals surface area contributed by atoms with Crippen LogP contribution in [0.25, 0.3) is 11.1 Å². The molecule has 4 heteroatoms. The lowest BCUT2D eigenvalue weighted by molar-refractivity contribution is 0.240. The molecule has 1 atom stereocenters. The second-order valence-electron chi connectivity index (χ2n) is 8.31. The van der Waals surface area contributed by atoms with Gasteiger partial charge in [0.05, 0.1) is 6.61 Å². The van der Waals surface area contributed by atoms with Crippen molar-refractivity contribution in [2.24, 2.45) is 11.7 Å². The largest absolute Gasteiger partial charge is 0.494 e. The highest BCUT2D eigenvalue weighted by molar-refractivity contribution is 6.30. The van der Waals surface area contributed by atoms with Crippen LogP contribution >= 0.6 is 11.6 Å². The number of ether oxygens (including phenoxy) is 1. The number of rotatable bonds is 8. The third-order valence-electron chi connectivity index (χ3n) is 5.88. The molecule has 4 rings (SSSR count). The van der Waals surface area contributed by atoms with E-state index in [1.54, 1.807) is 0 Å². The molecule has 0 bridgehead atoms. The standard InChI is InChI=1S/C28H27ClN2O/c1-2-17-28(30,24-9-10-24)18-19-32-27-15-4-21(5-16-27)3-13-26-14-8-23(20-31-26)22-6-11-25(29)12-7-22/h2,4-8,11-12,14-16,20,24H,1,9-10,17-19,30H2. The number of halogens is 1. The van der Waals surface area contributed by atoms with E-state index in [4.69, 9.17) is 22.1 Å². The number of hydrogen-bond donors (Lipinski definition) is 1. The zero-order valence-corrected chi connectivity index (χ0v) is 18.8. The molecule has 1 fully saturated rings. The Morgan fingerprint density at radius 2 is 1.75 bits per heavy atom. The predicted octanol–water partition coefficient (Wildman–Crippen LogP) is 6.25. The molecule has 32 heavy (non-hydrogen) atoms. The third-order valence-corrected chi connectivity index (χ3v) is 6.13. The molecule has 0 spiro atoms. The quantitative estimate of drug-likeness (QED) is 0.331. The molecule has 1 aliphatic rings. The van der Waals surface area contributed by atoms with Crippen molar-refractivity contribution in [1.29, 1.82) is 0 Å². The molecule has 0 amide bonds. The molecule has 1 saturated carbocycles. The monoisotopic (exact) mass is 442 g/mol. The lowest BCUT2D eigenvalue weighted by Crippen LogP contribution is -2.43. The van der Waals surface area contributed by atoms with E-state index in [9.17, 15) is 0 Å². The van der Waals surface area contributed by atoms with Crippen LogP contribution in [-0.2, 0) is 0 Å². The van der Waals surface area contributed by atoms with Crippen molar-refractivity contribution in [1.82, 2.24) is 4.98 Å². The fourth-order valence-corrected chi connectivity index (χ4v) is 3.94. The normalized spacial score (nSPS) is 14.7. The molecule has 1 aliphatic carbocycles. The predicted molar refractivity (Wildman–Crippen MR) is 132 cm³/mol. The Bertz CT molecular complexity index is 1110. The van der Waals surface area contributed by atoms with Crippen LogP contribution in [0.5, 0.6) is 5.75 Å². The molecule has 162 valence electrons. The zero-order chi connectivity index (χ0) is 22.4. The van der Waals surface area contributed by atoms with Gasteiger partial charge in [-0.15, -0.1) is 6.58 Å². The average molecular weight is 443 g/mol. The molecular formula is C28H27ClN2O. The van der Waals surface area contributed by atoms with Crippen LogP contribution in [0, 0.1) is 17.8 Å². The van der Waals surface area contributed by atoms with E-state index in [0.717, 1.165) is 46.0 Å². The molecular weight excluding hydrogens is 416 g/mol. The van der Waals surface area contributed by atoms with Crippen molar-refractivity contribution in [3.63, 3.8) is 0 Å². The highest BCUT2D eigenvalue weighted by Gasteiger charge is 2.40. The molecule has 2 N–H and O–H groups in total. The van der Waals surface area contributed by atoms with Gasteiger partial charge in [-0.05, 0) is 85.5 Å². The first-order valence-electron chi connectivity index (χ1n) is 10.9. The fourth-order valence-electron chi connectivity index (χ4n) is 3.81. The Kier molecular flexibility index (Phi) is 6.95. The van der Waals surface area contributed by atoms with Crippen molar-refractivity contribution in [3.8, 4) is 28.7 Å². The van der Waals surface area contributed by atoms with Crippen molar-refractivity contribution in [2.75, 3.05) is 6.61 Å². The van der Waals surface area contributed by atoms with Gasteiger partial charge in [-0.1, -0.05) is 41.8 Å². The first-order chi connectivity index (χ1) is 15.6. The summed E-state index contributed by atoms with van der Waals surface area (Å²) in [6.07, 6.45) is 7.86. The fraction of sp³-hybridized carbons (Fsp3) is 0.250.